The van der Waals surface area contributed by atoms with Gasteiger partial charge in [0.25, 0.3) is 0 Å². The van der Waals surface area contributed by atoms with Crippen LogP contribution in [0.15, 0.2) is 34.8 Å². The minimum absolute atomic E-state index is 0.199. The molecule has 0 aromatic heterocycles. The van der Waals surface area contributed by atoms with Gasteiger partial charge < -0.3 is 4.74 Å². The average molecular weight is 371 g/mol. The van der Waals surface area contributed by atoms with Crippen LogP contribution in [0.5, 0.6) is 11.5 Å². The lowest BCUT2D eigenvalue weighted by Gasteiger charge is -2.09. The fourth-order valence-electron chi connectivity index (χ4n) is 1.53. The van der Waals surface area contributed by atoms with Gasteiger partial charge in [-0.05, 0) is 18.2 Å². The number of hydrogen-bond acceptors (Lipinski definition) is 3. The molecule has 0 N–H and O–H groups in total. The van der Waals surface area contributed by atoms with E-state index in [1.807, 2.05) is 6.07 Å². The first-order valence-electron chi connectivity index (χ1n) is 5.37. The highest BCUT2D eigenvalue weighted by molar-refractivity contribution is 9.10. The molecule has 0 bridgehead atoms. The Balaban J connectivity index is 2.36. The van der Waals surface area contributed by atoms with Crippen LogP contribution in [0.25, 0.3) is 0 Å². The summed E-state index contributed by atoms with van der Waals surface area (Å²) in [6.45, 7) is 0. The quantitative estimate of drug-likeness (QED) is 0.694. The molecule has 0 aliphatic rings. The Labute approximate surface area is 133 Å². The van der Waals surface area contributed by atoms with E-state index in [0.717, 1.165) is 6.29 Å². The van der Waals surface area contributed by atoms with Crippen LogP contribution in [0.4, 0.5) is 0 Å². The van der Waals surface area contributed by atoms with Gasteiger partial charge in [0.2, 0.25) is 0 Å². The number of rotatable bonds is 3. The lowest BCUT2D eigenvalue weighted by atomic mass is 10.2. The van der Waals surface area contributed by atoms with E-state index >= 15 is 0 Å². The molecule has 0 radical (unpaired) electrons. The normalized spacial score (nSPS) is 9.90. The van der Waals surface area contributed by atoms with Gasteiger partial charge in [-0.2, -0.15) is 5.26 Å². The van der Waals surface area contributed by atoms with Gasteiger partial charge in [0.15, 0.2) is 6.29 Å². The highest BCUT2D eigenvalue weighted by Gasteiger charge is 2.10. The molecule has 0 spiro atoms. The zero-order valence-corrected chi connectivity index (χ0v) is 13.0. The van der Waals surface area contributed by atoms with Crippen LogP contribution in [0.3, 0.4) is 0 Å². The molecule has 100 valence electrons. The number of nitrogens with zero attached hydrogens (tertiary/aromatic N) is 1. The minimum atomic E-state index is 0.199. The number of aldehydes is 1. The molecule has 3 nitrogen and oxygen atoms in total. The maximum atomic E-state index is 10.9. The Morgan fingerprint density at radius 3 is 2.35 bits per heavy atom. The first-order chi connectivity index (χ1) is 9.55. The van der Waals surface area contributed by atoms with Crippen molar-refractivity contribution in [2.45, 2.75) is 0 Å². The van der Waals surface area contributed by atoms with Gasteiger partial charge in [0, 0.05) is 22.2 Å². The summed E-state index contributed by atoms with van der Waals surface area (Å²) in [6, 6.07) is 9.87. The van der Waals surface area contributed by atoms with Crippen LogP contribution in [-0.2, 0) is 0 Å². The van der Waals surface area contributed by atoms with Crippen molar-refractivity contribution in [1.82, 2.24) is 0 Å². The maximum absolute atomic E-state index is 10.9. The molecule has 0 fully saturated rings. The summed E-state index contributed by atoms with van der Waals surface area (Å²) < 4.78 is 6.26. The predicted molar refractivity (Wildman–Crippen MR) is 80.8 cm³/mol. The molecule has 0 saturated heterocycles. The lowest BCUT2D eigenvalue weighted by Crippen LogP contribution is -1.89. The van der Waals surface area contributed by atoms with Crippen molar-refractivity contribution in [2.24, 2.45) is 0 Å². The standard InChI is InChI=1S/C14H6BrCl2NO2/c15-12-2-1-9(3-8(12)7-19)20-10-4-13(16)11(6-18)14(17)5-10/h1-5,7H. The number of ether oxygens (including phenoxy) is 1. The fraction of sp³-hybridized carbons (Fsp3) is 0. The Morgan fingerprint density at radius 2 is 1.80 bits per heavy atom. The summed E-state index contributed by atoms with van der Waals surface area (Å²) in [7, 11) is 0. The van der Waals surface area contributed by atoms with Crippen LogP contribution in [0.1, 0.15) is 15.9 Å². The lowest BCUT2D eigenvalue weighted by molar-refractivity contribution is 0.112. The van der Waals surface area contributed by atoms with E-state index < -0.39 is 0 Å². The summed E-state index contributed by atoms with van der Waals surface area (Å²) in [5.74, 6) is 0.852. The van der Waals surface area contributed by atoms with E-state index in [-0.39, 0.29) is 15.6 Å². The zero-order valence-electron chi connectivity index (χ0n) is 9.86. The summed E-state index contributed by atoms with van der Waals surface area (Å²) in [6.07, 6.45) is 0.718. The average Bonchev–Trinajstić information content (AvgIpc) is 2.40. The van der Waals surface area contributed by atoms with Gasteiger partial charge in [0.1, 0.15) is 17.6 Å². The topological polar surface area (TPSA) is 50.1 Å². The number of carbonyl (C=O) groups is 1. The molecular formula is C14H6BrCl2NO2. The Hall–Kier alpha value is -1.54. The van der Waals surface area contributed by atoms with Crippen molar-refractivity contribution in [1.29, 1.82) is 5.26 Å². The number of nitriles is 1. The Bertz CT molecular complexity index is 703. The number of benzene rings is 2. The molecule has 2 rings (SSSR count). The first kappa shape index (κ1) is 14.9. The molecule has 20 heavy (non-hydrogen) atoms. The second-order valence-corrected chi connectivity index (χ2v) is 5.45. The van der Waals surface area contributed by atoms with Crippen molar-refractivity contribution in [3.8, 4) is 17.6 Å². The van der Waals surface area contributed by atoms with Crippen molar-refractivity contribution < 1.29 is 9.53 Å². The van der Waals surface area contributed by atoms with Crippen molar-refractivity contribution >= 4 is 45.4 Å². The van der Waals surface area contributed by atoms with E-state index in [4.69, 9.17) is 33.2 Å². The Kier molecular flexibility index (Phi) is 4.66. The summed E-state index contributed by atoms with van der Waals surface area (Å²) in [5, 5.41) is 9.30. The second kappa shape index (κ2) is 6.27. The Morgan fingerprint density at radius 1 is 1.15 bits per heavy atom. The summed E-state index contributed by atoms with van der Waals surface area (Å²) >= 11 is 15.1. The third kappa shape index (κ3) is 3.13. The van der Waals surface area contributed by atoms with Crippen LogP contribution in [-0.4, -0.2) is 6.29 Å². The highest BCUT2D eigenvalue weighted by atomic mass is 79.9. The second-order valence-electron chi connectivity index (χ2n) is 3.78. The molecule has 0 aliphatic carbocycles. The summed E-state index contributed by atoms with van der Waals surface area (Å²) in [5.41, 5.74) is 0.665. The maximum Gasteiger partial charge on any atom is 0.151 e. The molecule has 6 heteroatoms. The number of carbonyl (C=O) groups excluding carboxylic acids is 1. The molecule has 0 heterocycles. The first-order valence-corrected chi connectivity index (χ1v) is 6.91. The van der Waals surface area contributed by atoms with Crippen LogP contribution in [0, 0.1) is 11.3 Å². The fourth-order valence-corrected chi connectivity index (χ4v) is 2.42. The summed E-state index contributed by atoms with van der Waals surface area (Å²) in [4.78, 5) is 10.9. The van der Waals surface area contributed by atoms with E-state index in [1.54, 1.807) is 18.2 Å². The molecule has 0 saturated carbocycles. The van der Waals surface area contributed by atoms with Crippen LogP contribution < -0.4 is 4.74 Å². The van der Waals surface area contributed by atoms with Gasteiger partial charge in [-0.3, -0.25) is 4.79 Å². The molecule has 0 aliphatic heterocycles. The van der Waals surface area contributed by atoms with Gasteiger partial charge in [-0.15, -0.1) is 0 Å². The number of hydrogen-bond donors (Lipinski definition) is 0. The van der Waals surface area contributed by atoms with E-state index in [9.17, 15) is 4.79 Å². The van der Waals surface area contributed by atoms with Crippen LogP contribution in [0.2, 0.25) is 10.0 Å². The monoisotopic (exact) mass is 369 g/mol. The van der Waals surface area contributed by atoms with Crippen molar-refractivity contribution in [2.75, 3.05) is 0 Å². The largest absolute Gasteiger partial charge is 0.457 e. The molecular weight excluding hydrogens is 365 g/mol. The van der Waals surface area contributed by atoms with Crippen molar-refractivity contribution in [3.05, 3.63) is 56.0 Å². The van der Waals surface area contributed by atoms with E-state index in [0.29, 0.717) is 21.5 Å². The zero-order chi connectivity index (χ0) is 14.7. The van der Waals surface area contributed by atoms with E-state index in [1.165, 1.54) is 12.1 Å². The third-order valence-corrected chi connectivity index (χ3v) is 3.78. The van der Waals surface area contributed by atoms with E-state index in [2.05, 4.69) is 15.9 Å². The van der Waals surface area contributed by atoms with Crippen LogP contribution >= 0.6 is 39.1 Å². The van der Waals surface area contributed by atoms with Gasteiger partial charge in [0.05, 0.1) is 15.6 Å². The molecule has 2 aromatic carbocycles. The predicted octanol–water partition coefficient (Wildman–Crippen LogP) is 5.23. The molecule has 0 unspecified atom stereocenters. The van der Waals surface area contributed by atoms with Gasteiger partial charge >= 0.3 is 0 Å². The highest BCUT2D eigenvalue weighted by Crippen LogP contribution is 2.33. The number of halogens is 3. The SMILES string of the molecule is N#Cc1c(Cl)cc(Oc2ccc(Br)c(C=O)c2)cc1Cl. The smallest absolute Gasteiger partial charge is 0.151 e. The molecule has 2 aromatic rings. The van der Waals surface area contributed by atoms with Gasteiger partial charge in [-0.25, -0.2) is 0 Å². The minimum Gasteiger partial charge on any atom is -0.457 e. The van der Waals surface area contributed by atoms with Crippen molar-refractivity contribution in [3.63, 3.8) is 0 Å². The van der Waals surface area contributed by atoms with Gasteiger partial charge in [-0.1, -0.05) is 39.1 Å². The molecule has 0 atom stereocenters. The molecule has 0 amide bonds. The third-order valence-electron chi connectivity index (χ3n) is 2.46.